The molecular formula is C53H43N3OPt. The van der Waals surface area contributed by atoms with Crippen molar-refractivity contribution in [3.63, 3.8) is 0 Å². The molecule has 0 bridgehead atoms. The van der Waals surface area contributed by atoms with E-state index in [0.29, 0.717) is 39.2 Å². The third-order valence-corrected chi connectivity index (χ3v) is 10.2. The zero-order valence-electron chi connectivity index (χ0n) is 38.2. The summed E-state index contributed by atoms with van der Waals surface area (Å²) in [5.74, 6) is 0.377. The second-order valence-corrected chi connectivity index (χ2v) is 14.1. The van der Waals surface area contributed by atoms with Crippen LogP contribution in [0.4, 0.5) is 0 Å². The Morgan fingerprint density at radius 2 is 1.26 bits per heavy atom. The fraction of sp³-hybridized carbons (Fsp3) is 0.0755. The summed E-state index contributed by atoms with van der Waals surface area (Å²) in [5, 5.41) is 11.7. The van der Waals surface area contributed by atoms with Gasteiger partial charge in [-0.05, 0) is 108 Å². The van der Waals surface area contributed by atoms with Gasteiger partial charge in [-0.2, -0.15) is 0 Å². The maximum Gasteiger partial charge on any atom is 2.00 e. The summed E-state index contributed by atoms with van der Waals surface area (Å²) in [6.07, 6.45) is 1.81. The maximum atomic E-state index is 11.7. The Hall–Kier alpha value is -6.35. The zero-order chi connectivity index (χ0) is 43.3. The van der Waals surface area contributed by atoms with Crippen LogP contribution in [0.5, 0.6) is 5.75 Å². The number of phenolic OH excluding ortho intramolecular Hbond substituents is 1. The smallest absolute Gasteiger partial charge is 0.507 e. The van der Waals surface area contributed by atoms with E-state index >= 15 is 0 Å². The second kappa shape index (κ2) is 16.6. The minimum absolute atomic E-state index is 0. The number of hydrogen-bond acceptors (Lipinski definition) is 3. The van der Waals surface area contributed by atoms with Crippen LogP contribution < -0.4 is 0 Å². The van der Waals surface area contributed by atoms with Crippen LogP contribution in [0.2, 0.25) is 0 Å². The van der Waals surface area contributed by atoms with E-state index in [1.165, 1.54) is 6.07 Å². The summed E-state index contributed by atoms with van der Waals surface area (Å²) < 4.78 is 53.5. The largest absolute Gasteiger partial charge is 2.00 e. The summed E-state index contributed by atoms with van der Waals surface area (Å²) in [5.41, 5.74) is 10.8. The number of benzene rings is 7. The molecule has 0 unspecified atom stereocenters. The molecule has 0 radical (unpaired) electrons. The zero-order valence-corrected chi connectivity index (χ0v) is 34.5. The van der Waals surface area contributed by atoms with Gasteiger partial charge < -0.3 is 12.5 Å². The van der Waals surface area contributed by atoms with Crippen molar-refractivity contribution in [2.24, 2.45) is 0 Å². The molecule has 0 aliphatic rings. The van der Waals surface area contributed by atoms with Crippen LogP contribution in [-0.2, 0) is 21.1 Å². The molecule has 4 nitrogen and oxygen atoms in total. The normalized spacial score (nSPS) is 12.9. The van der Waals surface area contributed by atoms with Crippen molar-refractivity contribution < 1.29 is 34.4 Å². The van der Waals surface area contributed by atoms with Crippen molar-refractivity contribution in [3.8, 4) is 78.6 Å². The minimum atomic E-state index is -2.79. The van der Waals surface area contributed by atoms with Gasteiger partial charge in [-0.25, -0.2) is 4.98 Å². The van der Waals surface area contributed by atoms with E-state index in [1.807, 2.05) is 97.3 Å². The fourth-order valence-corrected chi connectivity index (χ4v) is 7.53. The SMILES string of the molecule is [2H]C([2H])([2H])c1cc(-n2c(-c3cc(C)cc(C)c3O)nc3c(-c4[c-]c(-c5cc(-c6ccccc6)ccn5)cc(-c5ccccc5)c4)cccc32)cc(-c2ccccc2)c1C([2H])([2H])[2H].[CH3-].[Pt+2]. The van der Waals surface area contributed by atoms with Crippen molar-refractivity contribution in [1.82, 2.24) is 14.5 Å². The molecule has 0 aliphatic carbocycles. The number of aryl methyl sites for hydroxylation is 3. The van der Waals surface area contributed by atoms with E-state index in [4.69, 9.17) is 18.2 Å². The summed E-state index contributed by atoms with van der Waals surface area (Å²) in [4.78, 5) is 10.1. The van der Waals surface area contributed by atoms with Crippen molar-refractivity contribution in [3.05, 3.63) is 200 Å². The molecule has 0 saturated heterocycles. The predicted octanol–water partition coefficient (Wildman–Crippen LogP) is 13.6. The van der Waals surface area contributed by atoms with Crippen LogP contribution in [0.15, 0.2) is 164 Å². The van der Waals surface area contributed by atoms with Crippen LogP contribution in [0.25, 0.3) is 83.9 Å². The molecule has 0 fully saturated rings. The van der Waals surface area contributed by atoms with Gasteiger partial charge in [-0.3, -0.25) is 9.55 Å². The molecule has 0 aliphatic heterocycles. The van der Waals surface area contributed by atoms with Crippen LogP contribution >= 0.6 is 0 Å². The van der Waals surface area contributed by atoms with Gasteiger partial charge in [0.25, 0.3) is 0 Å². The number of imidazole rings is 1. The number of rotatable bonds is 7. The third-order valence-electron chi connectivity index (χ3n) is 10.2. The van der Waals surface area contributed by atoms with Crippen LogP contribution in [-0.4, -0.2) is 19.6 Å². The number of aromatic nitrogens is 3. The van der Waals surface area contributed by atoms with E-state index in [-0.39, 0.29) is 50.9 Å². The van der Waals surface area contributed by atoms with Gasteiger partial charge in [0.2, 0.25) is 0 Å². The second-order valence-electron chi connectivity index (χ2n) is 14.1. The summed E-state index contributed by atoms with van der Waals surface area (Å²) in [7, 11) is 0. The third kappa shape index (κ3) is 7.44. The van der Waals surface area contributed by atoms with Gasteiger partial charge in [0.05, 0.1) is 16.6 Å². The molecular weight excluding hydrogens is 890 g/mol. The number of fused-ring (bicyclic) bond motifs is 1. The Morgan fingerprint density at radius 3 is 1.95 bits per heavy atom. The molecule has 0 amide bonds. The van der Waals surface area contributed by atoms with Crippen molar-refractivity contribution in [2.75, 3.05) is 0 Å². The number of phenols is 1. The molecule has 0 atom stereocenters. The Labute approximate surface area is 364 Å². The van der Waals surface area contributed by atoms with Crippen molar-refractivity contribution in [1.29, 1.82) is 0 Å². The van der Waals surface area contributed by atoms with Gasteiger partial charge in [-0.1, -0.05) is 132 Å². The number of hydrogen-bond donors (Lipinski definition) is 1. The quantitative estimate of drug-likeness (QED) is 0.162. The van der Waals surface area contributed by atoms with Gasteiger partial charge in [-0.15, -0.1) is 23.8 Å². The van der Waals surface area contributed by atoms with Gasteiger partial charge in [0.15, 0.2) is 0 Å². The molecule has 5 heteroatoms. The molecule has 7 aromatic carbocycles. The number of nitrogens with zero attached hydrogens (tertiary/aromatic N) is 3. The van der Waals surface area contributed by atoms with E-state index in [9.17, 15) is 5.11 Å². The average molecular weight is 939 g/mol. The molecule has 58 heavy (non-hydrogen) atoms. The topological polar surface area (TPSA) is 50.9 Å². The van der Waals surface area contributed by atoms with Crippen molar-refractivity contribution >= 4 is 11.0 Å². The van der Waals surface area contributed by atoms with Crippen LogP contribution in [0.1, 0.15) is 30.5 Å². The number of para-hydroxylation sites is 1. The molecule has 2 aromatic heterocycles. The first-order chi connectivity index (χ1) is 29.7. The fourth-order valence-electron chi connectivity index (χ4n) is 7.53. The summed E-state index contributed by atoms with van der Waals surface area (Å²) in [6.45, 7) is -1.78. The van der Waals surface area contributed by atoms with Crippen molar-refractivity contribution in [2.45, 2.75) is 27.6 Å². The monoisotopic (exact) mass is 938 g/mol. The predicted molar refractivity (Wildman–Crippen MR) is 237 cm³/mol. The van der Waals surface area contributed by atoms with Gasteiger partial charge in [0, 0.05) is 25.8 Å². The van der Waals surface area contributed by atoms with Crippen LogP contribution in [0, 0.1) is 41.0 Å². The van der Waals surface area contributed by atoms with E-state index in [1.54, 1.807) is 36.5 Å². The first-order valence-corrected chi connectivity index (χ1v) is 18.5. The van der Waals surface area contributed by atoms with Gasteiger partial charge in [0.1, 0.15) is 11.6 Å². The minimum Gasteiger partial charge on any atom is -0.507 e. The van der Waals surface area contributed by atoms with Gasteiger partial charge >= 0.3 is 21.1 Å². The van der Waals surface area contributed by atoms with Crippen LogP contribution in [0.3, 0.4) is 0 Å². The standard InChI is InChI=1S/C52H40N3O.CH3.Pt/c1-33-25-35(3)51(56)47(26-33)52-54-50-45(21-14-22-49(50)55(52)44-27-34(2)36(4)46(32-44)39-19-12-7-13-20-39)42-28-41(38-17-10-6-11-18-38)29-43(30-42)48-31-40(23-24-53-48)37-15-8-5-9-16-37;;/h5-29,31-32,56H,1-4H3;1H3;/q2*-1;+2/i2D3,4D3;;. The summed E-state index contributed by atoms with van der Waals surface area (Å²) in [6, 6.07) is 53.8. The van der Waals surface area contributed by atoms with E-state index in [0.717, 1.165) is 50.2 Å². The van der Waals surface area contributed by atoms with E-state index < -0.39 is 13.7 Å². The van der Waals surface area contributed by atoms with E-state index in [2.05, 4.69) is 48.5 Å². The molecule has 2 heterocycles. The molecule has 0 spiro atoms. The number of pyridine rings is 1. The Bertz CT molecular complexity index is 3130. The molecule has 9 aromatic rings. The first-order valence-electron chi connectivity index (χ1n) is 21.5. The number of aromatic hydroxyl groups is 1. The Morgan fingerprint density at radius 1 is 0.586 bits per heavy atom. The summed E-state index contributed by atoms with van der Waals surface area (Å²) >= 11 is 0. The average Bonchev–Trinajstić information content (AvgIpc) is 3.67. The molecule has 286 valence electrons. The molecule has 0 saturated carbocycles. The molecule has 1 N–H and O–H groups in total. The maximum absolute atomic E-state index is 11.7. The Kier molecular flexibility index (Phi) is 9.38. The first kappa shape index (κ1) is 32.7. The molecule has 9 rings (SSSR count). The Balaban J connectivity index is 0.00000306.